The number of likely N-dealkylation sites (N-methyl/N-ethyl adjacent to an activating group) is 1. The van der Waals surface area contributed by atoms with Gasteiger partial charge in [-0.05, 0) is 72.0 Å². The Labute approximate surface area is 129 Å². The van der Waals surface area contributed by atoms with E-state index in [1.54, 1.807) is 0 Å². The van der Waals surface area contributed by atoms with E-state index in [1.165, 1.54) is 51.6 Å². The highest BCUT2D eigenvalue weighted by Crippen LogP contribution is 2.35. The molecule has 3 unspecified atom stereocenters. The Morgan fingerprint density at radius 2 is 2.00 bits per heavy atom. The predicted molar refractivity (Wildman–Crippen MR) is 85.0 cm³/mol. The van der Waals surface area contributed by atoms with E-state index in [1.807, 2.05) is 0 Å². The number of nitrogens with one attached hydrogen (secondary N) is 1. The first-order valence-electron chi connectivity index (χ1n) is 8.71. The molecular formula is C17H30N4. The molecule has 21 heavy (non-hydrogen) atoms. The van der Waals surface area contributed by atoms with Crippen molar-refractivity contribution < 1.29 is 0 Å². The van der Waals surface area contributed by atoms with Gasteiger partial charge in [-0.25, -0.2) is 0 Å². The molecule has 3 rings (SSSR count). The molecule has 0 aromatic carbocycles. The van der Waals surface area contributed by atoms with Gasteiger partial charge in [-0.15, -0.1) is 0 Å². The Bertz CT molecular complexity index is 398. The number of hydrogen-bond acceptors (Lipinski definition) is 4. The van der Waals surface area contributed by atoms with Gasteiger partial charge in [-0.3, -0.25) is 10.2 Å². The zero-order valence-electron chi connectivity index (χ0n) is 13.6. The van der Waals surface area contributed by atoms with E-state index in [9.17, 15) is 5.26 Å². The number of hydrogen-bond donors (Lipinski definition) is 1. The van der Waals surface area contributed by atoms with Gasteiger partial charge in [0.05, 0.1) is 6.07 Å². The Hall–Kier alpha value is -0.630. The van der Waals surface area contributed by atoms with Crippen LogP contribution in [0.3, 0.4) is 0 Å². The molecule has 4 heteroatoms. The molecule has 0 radical (unpaired) electrons. The first-order chi connectivity index (χ1) is 10.1. The minimum atomic E-state index is -0.241. The van der Waals surface area contributed by atoms with Crippen LogP contribution in [0.2, 0.25) is 0 Å². The highest BCUT2D eigenvalue weighted by Gasteiger charge is 2.42. The number of nitriles is 1. The van der Waals surface area contributed by atoms with Crippen LogP contribution in [0.4, 0.5) is 0 Å². The molecule has 0 amide bonds. The first-order valence-corrected chi connectivity index (χ1v) is 8.71. The summed E-state index contributed by atoms with van der Waals surface area (Å²) < 4.78 is 0. The molecule has 1 N–H and O–H groups in total. The van der Waals surface area contributed by atoms with Gasteiger partial charge in [0, 0.05) is 24.7 Å². The van der Waals surface area contributed by atoms with E-state index < -0.39 is 0 Å². The van der Waals surface area contributed by atoms with Crippen molar-refractivity contribution in [3.8, 4) is 6.07 Å². The van der Waals surface area contributed by atoms with Crippen LogP contribution in [0.5, 0.6) is 0 Å². The van der Waals surface area contributed by atoms with Crippen molar-refractivity contribution in [1.82, 2.24) is 15.1 Å². The molecule has 118 valence electrons. The molecule has 0 aromatic heterocycles. The van der Waals surface area contributed by atoms with Crippen molar-refractivity contribution in [3.63, 3.8) is 0 Å². The normalized spacial score (nSPS) is 38.4. The molecule has 4 nitrogen and oxygen atoms in total. The third kappa shape index (κ3) is 3.59. The van der Waals surface area contributed by atoms with Crippen LogP contribution in [-0.4, -0.2) is 60.6 Å². The maximum absolute atomic E-state index is 9.74. The summed E-state index contributed by atoms with van der Waals surface area (Å²) in [5.74, 6) is 0. The second-order valence-corrected chi connectivity index (χ2v) is 7.62. The maximum Gasteiger partial charge on any atom is 0.108 e. The van der Waals surface area contributed by atoms with Crippen LogP contribution in [0.15, 0.2) is 0 Å². The topological polar surface area (TPSA) is 42.3 Å². The third-order valence-electron chi connectivity index (χ3n) is 5.67. The Balaban J connectivity index is 1.63. The van der Waals surface area contributed by atoms with Crippen LogP contribution < -0.4 is 5.32 Å². The fourth-order valence-electron chi connectivity index (χ4n) is 4.18. The minimum Gasteiger partial charge on any atom is -0.305 e. The highest BCUT2D eigenvalue weighted by molar-refractivity contribution is 5.13. The van der Waals surface area contributed by atoms with Gasteiger partial charge in [0.2, 0.25) is 0 Å². The van der Waals surface area contributed by atoms with Crippen molar-refractivity contribution in [1.29, 1.82) is 5.26 Å². The fourth-order valence-corrected chi connectivity index (χ4v) is 4.18. The average Bonchev–Trinajstić information content (AvgIpc) is 3.31. The highest BCUT2D eigenvalue weighted by atomic mass is 15.2. The molecule has 0 bridgehead atoms. The first kappa shape index (κ1) is 15.3. The van der Waals surface area contributed by atoms with Crippen molar-refractivity contribution in [2.24, 2.45) is 0 Å². The molecule has 1 heterocycles. The molecule has 3 aliphatic rings. The number of likely N-dealkylation sites (tertiary alicyclic amines) is 1. The SMILES string of the molecule is CN(C)C1CCCN(C2CCCC(C#N)(NC3CC3)C2)C1. The number of piperidine rings is 1. The average molecular weight is 290 g/mol. The van der Waals surface area contributed by atoms with Crippen molar-refractivity contribution in [2.45, 2.75) is 75.0 Å². The second kappa shape index (κ2) is 6.24. The molecule has 2 saturated carbocycles. The van der Waals surface area contributed by atoms with E-state index >= 15 is 0 Å². The summed E-state index contributed by atoms with van der Waals surface area (Å²) in [4.78, 5) is 5.04. The lowest BCUT2D eigenvalue weighted by Gasteiger charge is -2.45. The van der Waals surface area contributed by atoms with Gasteiger partial charge < -0.3 is 4.90 Å². The summed E-state index contributed by atoms with van der Waals surface area (Å²) in [6.07, 6.45) is 9.69. The third-order valence-corrected chi connectivity index (χ3v) is 5.67. The van der Waals surface area contributed by atoms with Crippen LogP contribution in [0, 0.1) is 11.3 Å². The predicted octanol–water partition coefficient (Wildman–Crippen LogP) is 1.97. The van der Waals surface area contributed by atoms with E-state index in [-0.39, 0.29) is 5.54 Å². The standard InChI is InChI=1S/C17H30N4/c1-20(2)16-6-4-10-21(12-16)15-5-3-9-17(11-15,13-18)19-14-7-8-14/h14-16,19H,3-12H2,1-2H3. The second-order valence-electron chi connectivity index (χ2n) is 7.62. The van der Waals surface area contributed by atoms with Gasteiger partial charge in [0.15, 0.2) is 0 Å². The van der Waals surface area contributed by atoms with Gasteiger partial charge in [0.1, 0.15) is 5.54 Å². The quantitative estimate of drug-likeness (QED) is 0.859. The van der Waals surface area contributed by atoms with Gasteiger partial charge in [-0.1, -0.05) is 0 Å². The van der Waals surface area contributed by atoms with Crippen LogP contribution in [-0.2, 0) is 0 Å². The van der Waals surface area contributed by atoms with E-state index in [0.29, 0.717) is 18.1 Å². The summed E-state index contributed by atoms with van der Waals surface area (Å²) in [5, 5.41) is 13.4. The smallest absolute Gasteiger partial charge is 0.108 e. The summed E-state index contributed by atoms with van der Waals surface area (Å²) in [6, 6.07) is 4.56. The fraction of sp³-hybridized carbons (Fsp3) is 0.941. The van der Waals surface area contributed by atoms with Crippen molar-refractivity contribution in [3.05, 3.63) is 0 Å². The molecule has 0 spiro atoms. The summed E-state index contributed by atoms with van der Waals surface area (Å²) in [5.41, 5.74) is -0.241. The minimum absolute atomic E-state index is 0.241. The van der Waals surface area contributed by atoms with E-state index in [0.717, 1.165) is 12.8 Å². The van der Waals surface area contributed by atoms with E-state index in [2.05, 4.69) is 35.3 Å². The van der Waals surface area contributed by atoms with Crippen LogP contribution >= 0.6 is 0 Å². The van der Waals surface area contributed by atoms with Crippen LogP contribution in [0.1, 0.15) is 51.4 Å². The molecule has 1 saturated heterocycles. The summed E-state index contributed by atoms with van der Waals surface area (Å²) in [7, 11) is 4.40. The molecular weight excluding hydrogens is 260 g/mol. The molecule has 0 aromatic rings. The zero-order chi connectivity index (χ0) is 14.9. The summed E-state index contributed by atoms with van der Waals surface area (Å²) >= 11 is 0. The molecule has 3 atom stereocenters. The van der Waals surface area contributed by atoms with Crippen molar-refractivity contribution >= 4 is 0 Å². The number of rotatable bonds is 4. The van der Waals surface area contributed by atoms with Gasteiger partial charge >= 0.3 is 0 Å². The number of nitrogens with zero attached hydrogens (tertiary/aromatic N) is 3. The Kier molecular flexibility index (Phi) is 4.54. The monoisotopic (exact) mass is 290 g/mol. The Morgan fingerprint density at radius 1 is 1.19 bits per heavy atom. The van der Waals surface area contributed by atoms with Crippen LogP contribution in [0.25, 0.3) is 0 Å². The Morgan fingerprint density at radius 3 is 2.67 bits per heavy atom. The lowest BCUT2D eigenvalue weighted by Crippen LogP contribution is -2.56. The lowest BCUT2D eigenvalue weighted by atomic mass is 9.78. The van der Waals surface area contributed by atoms with Gasteiger partial charge in [-0.2, -0.15) is 5.26 Å². The van der Waals surface area contributed by atoms with E-state index in [4.69, 9.17) is 0 Å². The summed E-state index contributed by atoms with van der Waals surface area (Å²) in [6.45, 7) is 2.41. The molecule has 1 aliphatic heterocycles. The molecule has 2 aliphatic carbocycles. The van der Waals surface area contributed by atoms with Crippen molar-refractivity contribution in [2.75, 3.05) is 27.2 Å². The maximum atomic E-state index is 9.74. The molecule has 3 fully saturated rings. The lowest BCUT2D eigenvalue weighted by molar-refractivity contribution is 0.0617. The zero-order valence-corrected chi connectivity index (χ0v) is 13.6. The largest absolute Gasteiger partial charge is 0.305 e. The van der Waals surface area contributed by atoms with Gasteiger partial charge in [0.25, 0.3) is 0 Å².